The van der Waals surface area contributed by atoms with Crippen molar-refractivity contribution in [3.8, 4) is 0 Å². The standard InChI is InChI=1S/C10H11Cl2NO2/c1-10(2,9(14)15)5-6-3-4-7(11)13-8(6)12/h3-4H,5H2,1-2H3,(H,14,15). The first-order valence-electron chi connectivity index (χ1n) is 4.37. The number of pyridine rings is 1. The van der Waals surface area contributed by atoms with Crippen molar-refractivity contribution in [3.05, 3.63) is 28.0 Å². The molecule has 0 saturated carbocycles. The Labute approximate surface area is 98.0 Å². The molecule has 0 aliphatic rings. The molecule has 5 heteroatoms. The molecule has 15 heavy (non-hydrogen) atoms. The molecule has 0 bridgehead atoms. The minimum Gasteiger partial charge on any atom is -0.481 e. The van der Waals surface area contributed by atoms with Gasteiger partial charge in [-0.05, 0) is 31.9 Å². The van der Waals surface area contributed by atoms with E-state index in [1.54, 1.807) is 26.0 Å². The molecule has 0 aromatic carbocycles. The summed E-state index contributed by atoms with van der Waals surface area (Å²) in [7, 11) is 0. The van der Waals surface area contributed by atoms with Crippen molar-refractivity contribution in [2.24, 2.45) is 5.41 Å². The van der Waals surface area contributed by atoms with Crippen LogP contribution in [0.1, 0.15) is 19.4 Å². The average Bonchev–Trinajstić information content (AvgIpc) is 2.09. The van der Waals surface area contributed by atoms with Crippen LogP contribution in [0.5, 0.6) is 0 Å². The van der Waals surface area contributed by atoms with Gasteiger partial charge in [0.1, 0.15) is 10.3 Å². The number of carbonyl (C=O) groups is 1. The second kappa shape index (κ2) is 4.37. The van der Waals surface area contributed by atoms with E-state index in [1.807, 2.05) is 0 Å². The normalized spacial score (nSPS) is 11.5. The number of halogens is 2. The van der Waals surface area contributed by atoms with E-state index in [1.165, 1.54) is 0 Å². The fraction of sp³-hybridized carbons (Fsp3) is 0.400. The van der Waals surface area contributed by atoms with Gasteiger partial charge in [-0.15, -0.1) is 0 Å². The quantitative estimate of drug-likeness (QED) is 0.836. The van der Waals surface area contributed by atoms with Crippen molar-refractivity contribution in [2.75, 3.05) is 0 Å². The van der Waals surface area contributed by atoms with Gasteiger partial charge in [0.05, 0.1) is 5.41 Å². The summed E-state index contributed by atoms with van der Waals surface area (Å²) in [6, 6.07) is 3.29. The summed E-state index contributed by atoms with van der Waals surface area (Å²) in [6.45, 7) is 3.28. The highest BCUT2D eigenvalue weighted by atomic mass is 35.5. The molecule has 1 aromatic rings. The van der Waals surface area contributed by atoms with Gasteiger partial charge in [-0.2, -0.15) is 0 Å². The first kappa shape index (κ1) is 12.3. The van der Waals surface area contributed by atoms with Crippen molar-refractivity contribution in [1.82, 2.24) is 4.98 Å². The van der Waals surface area contributed by atoms with E-state index in [9.17, 15) is 4.79 Å². The largest absolute Gasteiger partial charge is 0.481 e. The molecule has 3 nitrogen and oxygen atoms in total. The molecule has 0 unspecified atom stereocenters. The van der Waals surface area contributed by atoms with Crippen molar-refractivity contribution < 1.29 is 9.90 Å². The first-order chi connectivity index (χ1) is 6.83. The monoisotopic (exact) mass is 247 g/mol. The van der Waals surface area contributed by atoms with Gasteiger partial charge in [0.15, 0.2) is 0 Å². The molecule has 0 fully saturated rings. The van der Waals surface area contributed by atoms with Gasteiger partial charge < -0.3 is 5.11 Å². The van der Waals surface area contributed by atoms with Crippen LogP contribution in [0.15, 0.2) is 12.1 Å². The number of aliphatic carboxylic acids is 1. The van der Waals surface area contributed by atoms with Gasteiger partial charge >= 0.3 is 5.97 Å². The molecule has 1 heterocycles. The summed E-state index contributed by atoms with van der Waals surface area (Å²) in [5, 5.41) is 9.52. The van der Waals surface area contributed by atoms with Crippen molar-refractivity contribution >= 4 is 29.2 Å². The molecule has 0 amide bonds. The number of aromatic nitrogens is 1. The van der Waals surface area contributed by atoms with Crippen LogP contribution in [0.4, 0.5) is 0 Å². The van der Waals surface area contributed by atoms with Crippen LogP contribution in [-0.4, -0.2) is 16.1 Å². The molecule has 1 N–H and O–H groups in total. The highest BCUT2D eigenvalue weighted by Gasteiger charge is 2.28. The summed E-state index contributed by atoms with van der Waals surface area (Å²) in [5.41, 5.74) is -0.174. The van der Waals surface area contributed by atoms with Crippen molar-refractivity contribution in [3.63, 3.8) is 0 Å². The van der Waals surface area contributed by atoms with Crippen LogP contribution < -0.4 is 0 Å². The van der Waals surface area contributed by atoms with E-state index < -0.39 is 11.4 Å². The van der Waals surface area contributed by atoms with Crippen LogP contribution >= 0.6 is 23.2 Å². The van der Waals surface area contributed by atoms with Crippen LogP contribution in [0, 0.1) is 5.41 Å². The summed E-state index contributed by atoms with van der Waals surface area (Å²) in [6.07, 6.45) is 0.325. The lowest BCUT2D eigenvalue weighted by Gasteiger charge is -2.19. The van der Waals surface area contributed by atoms with Crippen molar-refractivity contribution in [1.29, 1.82) is 0 Å². The first-order valence-corrected chi connectivity index (χ1v) is 5.13. The number of hydrogen-bond donors (Lipinski definition) is 1. The zero-order valence-electron chi connectivity index (χ0n) is 8.42. The molecule has 0 aliphatic heterocycles. The summed E-state index contributed by atoms with van der Waals surface area (Å²) in [4.78, 5) is 14.8. The molecule has 0 spiro atoms. The Balaban J connectivity index is 2.95. The molecule has 0 saturated heterocycles. The Hall–Kier alpha value is -0.800. The van der Waals surface area contributed by atoms with Crippen LogP contribution in [0.3, 0.4) is 0 Å². The number of carboxylic acids is 1. The van der Waals surface area contributed by atoms with E-state index in [4.69, 9.17) is 28.3 Å². The third-order valence-corrected chi connectivity index (χ3v) is 2.64. The average molecular weight is 248 g/mol. The smallest absolute Gasteiger partial charge is 0.309 e. The van der Waals surface area contributed by atoms with E-state index in [0.29, 0.717) is 17.1 Å². The van der Waals surface area contributed by atoms with Gasteiger partial charge in [-0.1, -0.05) is 29.3 Å². The second-order valence-electron chi connectivity index (χ2n) is 3.95. The summed E-state index contributed by atoms with van der Waals surface area (Å²) in [5.74, 6) is -0.867. The van der Waals surface area contributed by atoms with E-state index in [-0.39, 0.29) is 5.15 Å². The Bertz CT molecular complexity index is 391. The number of rotatable bonds is 3. The third-order valence-electron chi connectivity index (χ3n) is 2.10. The Morgan fingerprint density at radius 3 is 2.53 bits per heavy atom. The van der Waals surface area contributed by atoms with Gasteiger partial charge in [0.2, 0.25) is 0 Å². The fourth-order valence-electron chi connectivity index (χ4n) is 1.12. The van der Waals surface area contributed by atoms with E-state index >= 15 is 0 Å². The lowest BCUT2D eigenvalue weighted by molar-refractivity contribution is -0.146. The predicted molar refractivity (Wildman–Crippen MR) is 59.4 cm³/mol. The lowest BCUT2D eigenvalue weighted by atomic mass is 9.86. The minimum absolute atomic E-state index is 0.261. The third kappa shape index (κ3) is 3.08. The fourth-order valence-corrected chi connectivity index (χ4v) is 1.54. The summed E-state index contributed by atoms with van der Waals surface area (Å²) >= 11 is 11.5. The minimum atomic E-state index is -0.867. The molecule has 82 valence electrons. The molecular weight excluding hydrogens is 237 g/mol. The van der Waals surface area contributed by atoms with Gasteiger partial charge in [0, 0.05) is 0 Å². The lowest BCUT2D eigenvalue weighted by Crippen LogP contribution is -2.26. The molecule has 0 atom stereocenters. The highest BCUT2D eigenvalue weighted by Crippen LogP contribution is 2.26. The maximum absolute atomic E-state index is 10.9. The Kier molecular flexibility index (Phi) is 3.58. The zero-order valence-corrected chi connectivity index (χ0v) is 9.93. The highest BCUT2D eigenvalue weighted by molar-refractivity contribution is 6.32. The predicted octanol–water partition coefficient (Wildman–Crippen LogP) is 3.04. The van der Waals surface area contributed by atoms with Crippen LogP contribution in [-0.2, 0) is 11.2 Å². The topological polar surface area (TPSA) is 50.2 Å². The number of carboxylic acid groups (broad SMARTS) is 1. The maximum atomic E-state index is 10.9. The van der Waals surface area contributed by atoms with Gasteiger partial charge in [-0.3, -0.25) is 4.79 Å². The van der Waals surface area contributed by atoms with E-state index in [0.717, 1.165) is 0 Å². The molecule has 1 rings (SSSR count). The van der Waals surface area contributed by atoms with Crippen molar-refractivity contribution in [2.45, 2.75) is 20.3 Å². The molecule has 0 radical (unpaired) electrons. The maximum Gasteiger partial charge on any atom is 0.309 e. The zero-order chi connectivity index (χ0) is 11.6. The number of hydrogen-bond acceptors (Lipinski definition) is 2. The SMILES string of the molecule is CC(C)(Cc1ccc(Cl)nc1Cl)C(=O)O. The van der Waals surface area contributed by atoms with Gasteiger partial charge in [-0.25, -0.2) is 4.98 Å². The van der Waals surface area contributed by atoms with Crippen LogP contribution in [0.2, 0.25) is 10.3 Å². The Morgan fingerprint density at radius 1 is 1.47 bits per heavy atom. The summed E-state index contributed by atoms with van der Waals surface area (Å²) < 4.78 is 0. The molecule has 1 aromatic heterocycles. The van der Waals surface area contributed by atoms with E-state index in [2.05, 4.69) is 4.98 Å². The number of nitrogens with zero attached hydrogens (tertiary/aromatic N) is 1. The van der Waals surface area contributed by atoms with Crippen LogP contribution in [0.25, 0.3) is 0 Å². The molecule has 0 aliphatic carbocycles. The van der Waals surface area contributed by atoms with Gasteiger partial charge in [0.25, 0.3) is 0 Å². The second-order valence-corrected chi connectivity index (χ2v) is 4.69. The molecular formula is C10H11Cl2NO2. The Morgan fingerprint density at radius 2 is 2.07 bits per heavy atom.